The Morgan fingerprint density at radius 1 is 1.75 bits per heavy atom. The Bertz CT molecular complexity index is 174. The summed E-state index contributed by atoms with van der Waals surface area (Å²) in [5, 5.41) is 0. The Hall–Kier alpha value is -0.0931. The molecule has 1 atom stereocenters. The summed E-state index contributed by atoms with van der Waals surface area (Å²) >= 11 is 3.59. The van der Waals surface area contributed by atoms with Crippen LogP contribution in [-0.2, 0) is 9.53 Å². The van der Waals surface area contributed by atoms with E-state index in [1.807, 2.05) is 6.92 Å². The van der Waals surface area contributed by atoms with Gasteiger partial charge in [0.15, 0.2) is 6.69 Å². The SMILES string of the molecule is C=CC(=O)OC(CC)[Si](C)(C)Br. The Balaban J connectivity index is 4.18. The number of hydrogen-bond donors (Lipinski definition) is 0. The minimum Gasteiger partial charge on any atom is -0.462 e. The predicted molar refractivity (Wildman–Crippen MR) is 56.8 cm³/mol. The van der Waals surface area contributed by atoms with Crippen LogP contribution in [0.4, 0.5) is 0 Å². The first kappa shape index (κ1) is 11.9. The minimum absolute atomic E-state index is 0.0306. The van der Waals surface area contributed by atoms with Crippen molar-refractivity contribution in [3.05, 3.63) is 12.7 Å². The molecule has 0 heterocycles. The number of ether oxygens (including phenoxy) is 1. The summed E-state index contributed by atoms with van der Waals surface area (Å²) in [5.74, 6) is -0.332. The maximum atomic E-state index is 10.9. The third-order valence-electron chi connectivity index (χ3n) is 1.56. The van der Waals surface area contributed by atoms with Crippen molar-refractivity contribution in [3.63, 3.8) is 0 Å². The van der Waals surface area contributed by atoms with Gasteiger partial charge in [-0.1, -0.05) is 26.6 Å². The van der Waals surface area contributed by atoms with E-state index in [-0.39, 0.29) is 11.7 Å². The normalized spacial score (nSPS) is 13.7. The number of carbonyl (C=O) groups is 1. The fourth-order valence-corrected chi connectivity index (χ4v) is 3.52. The Morgan fingerprint density at radius 3 is 2.50 bits per heavy atom. The average molecular weight is 251 g/mol. The molecular weight excluding hydrogens is 236 g/mol. The van der Waals surface area contributed by atoms with Gasteiger partial charge in [-0.15, -0.1) is 15.3 Å². The number of hydrogen-bond acceptors (Lipinski definition) is 2. The highest BCUT2D eigenvalue weighted by Crippen LogP contribution is 2.21. The van der Waals surface area contributed by atoms with Gasteiger partial charge in [0.2, 0.25) is 0 Å². The highest BCUT2D eigenvalue weighted by molar-refractivity contribution is 9.26. The number of halogens is 1. The van der Waals surface area contributed by atoms with E-state index in [9.17, 15) is 4.79 Å². The molecule has 12 heavy (non-hydrogen) atoms. The maximum Gasteiger partial charge on any atom is 0.330 e. The molecule has 0 aromatic rings. The highest BCUT2D eigenvalue weighted by Gasteiger charge is 2.30. The molecule has 0 radical (unpaired) electrons. The lowest BCUT2D eigenvalue weighted by Crippen LogP contribution is -2.38. The van der Waals surface area contributed by atoms with Crippen molar-refractivity contribution >= 4 is 28.0 Å². The molecule has 0 N–H and O–H groups in total. The van der Waals surface area contributed by atoms with E-state index in [1.165, 1.54) is 6.08 Å². The van der Waals surface area contributed by atoms with Crippen LogP contribution in [0.15, 0.2) is 12.7 Å². The van der Waals surface area contributed by atoms with Gasteiger partial charge in [0, 0.05) is 6.08 Å². The van der Waals surface area contributed by atoms with E-state index >= 15 is 0 Å². The van der Waals surface area contributed by atoms with Gasteiger partial charge in [-0.2, -0.15) is 0 Å². The van der Waals surface area contributed by atoms with Crippen LogP contribution in [-0.4, -0.2) is 18.4 Å². The molecule has 0 amide bonds. The quantitative estimate of drug-likeness (QED) is 0.332. The molecule has 0 aliphatic rings. The second kappa shape index (κ2) is 4.82. The largest absolute Gasteiger partial charge is 0.462 e. The summed E-state index contributed by atoms with van der Waals surface area (Å²) in [5.41, 5.74) is 0.0306. The van der Waals surface area contributed by atoms with Crippen LogP contribution >= 0.6 is 15.3 Å². The molecule has 4 heteroatoms. The molecular formula is C8H15BrO2Si. The Kier molecular flexibility index (Phi) is 4.78. The molecule has 1 unspecified atom stereocenters. The molecule has 0 spiro atoms. The first-order valence-corrected chi connectivity index (χ1v) is 9.27. The van der Waals surface area contributed by atoms with Gasteiger partial charge >= 0.3 is 5.97 Å². The molecule has 70 valence electrons. The fraction of sp³-hybridized carbons (Fsp3) is 0.625. The monoisotopic (exact) mass is 250 g/mol. The summed E-state index contributed by atoms with van der Waals surface area (Å²) in [7, 11) is 0. The van der Waals surface area contributed by atoms with Crippen molar-refractivity contribution in [1.29, 1.82) is 0 Å². The van der Waals surface area contributed by atoms with E-state index in [1.54, 1.807) is 0 Å². The zero-order chi connectivity index (χ0) is 9.78. The number of esters is 1. The molecule has 2 nitrogen and oxygen atoms in total. The van der Waals surface area contributed by atoms with Gasteiger partial charge in [-0.25, -0.2) is 4.79 Å². The topological polar surface area (TPSA) is 26.3 Å². The smallest absolute Gasteiger partial charge is 0.330 e. The molecule has 0 fully saturated rings. The van der Waals surface area contributed by atoms with Crippen LogP contribution in [0.3, 0.4) is 0 Å². The molecule has 0 aliphatic heterocycles. The predicted octanol–water partition coefficient (Wildman–Crippen LogP) is 2.63. The van der Waals surface area contributed by atoms with Gasteiger partial charge in [0.1, 0.15) is 5.73 Å². The minimum atomic E-state index is -1.54. The Labute approximate surface area is 82.6 Å². The third-order valence-corrected chi connectivity index (χ3v) is 5.15. The molecule has 0 aliphatic carbocycles. The lowest BCUT2D eigenvalue weighted by atomic mass is 10.5. The van der Waals surface area contributed by atoms with Crippen molar-refractivity contribution < 1.29 is 9.53 Å². The van der Waals surface area contributed by atoms with Gasteiger partial charge in [0.05, 0.1) is 0 Å². The van der Waals surface area contributed by atoms with E-state index in [0.29, 0.717) is 0 Å². The molecule has 0 aromatic carbocycles. The molecule has 0 saturated carbocycles. The zero-order valence-electron chi connectivity index (χ0n) is 7.76. The zero-order valence-corrected chi connectivity index (χ0v) is 10.3. The fourth-order valence-electron chi connectivity index (χ4n) is 0.897. The third kappa shape index (κ3) is 4.06. The van der Waals surface area contributed by atoms with E-state index in [4.69, 9.17) is 4.74 Å². The molecule has 0 aromatic heterocycles. The van der Waals surface area contributed by atoms with E-state index in [0.717, 1.165) is 6.42 Å². The number of rotatable bonds is 4. The van der Waals surface area contributed by atoms with Crippen molar-refractivity contribution in [2.45, 2.75) is 32.2 Å². The first-order valence-electron chi connectivity index (χ1n) is 3.93. The second-order valence-corrected chi connectivity index (χ2v) is 13.0. The number of carbonyl (C=O) groups excluding carboxylic acids is 1. The van der Waals surface area contributed by atoms with Crippen LogP contribution < -0.4 is 0 Å². The maximum absolute atomic E-state index is 10.9. The summed E-state index contributed by atoms with van der Waals surface area (Å²) in [4.78, 5) is 10.9. The van der Waals surface area contributed by atoms with Gasteiger partial charge in [-0.05, 0) is 6.42 Å². The summed E-state index contributed by atoms with van der Waals surface area (Å²) in [6.45, 7) is 8.04. The first-order chi connectivity index (χ1) is 5.41. The van der Waals surface area contributed by atoms with E-state index < -0.39 is 6.69 Å². The van der Waals surface area contributed by atoms with Gasteiger partial charge < -0.3 is 4.74 Å². The van der Waals surface area contributed by atoms with Crippen LogP contribution in [0.5, 0.6) is 0 Å². The standard InChI is InChI=1S/C8H15BrO2Si/c1-5-7(10)11-8(6-2)12(3,4)9/h5,8H,1,6H2,2-4H3. The second-order valence-electron chi connectivity index (χ2n) is 3.10. The summed E-state index contributed by atoms with van der Waals surface area (Å²) < 4.78 is 5.17. The van der Waals surface area contributed by atoms with E-state index in [2.05, 4.69) is 35.0 Å². The highest BCUT2D eigenvalue weighted by atomic mass is 79.9. The lowest BCUT2D eigenvalue weighted by molar-refractivity contribution is -0.139. The summed E-state index contributed by atoms with van der Waals surface area (Å²) in [6, 6.07) is 0. The molecule has 0 saturated heterocycles. The lowest BCUT2D eigenvalue weighted by Gasteiger charge is -2.24. The van der Waals surface area contributed by atoms with Gasteiger partial charge in [-0.3, -0.25) is 0 Å². The van der Waals surface area contributed by atoms with Crippen LogP contribution in [0.25, 0.3) is 0 Å². The Morgan fingerprint density at radius 2 is 2.25 bits per heavy atom. The van der Waals surface area contributed by atoms with Crippen molar-refractivity contribution in [1.82, 2.24) is 0 Å². The average Bonchev–Trinajstić information content (AvgIpc) is 1.97. The van der Waals surface area contributed by atoms with Crippen molar-refractivity contribution in [2.75, 3.05) is 0 Å². The van der Waals surface area contributed by atoms with Crippen molar-refractivity contribution in [2.24, 2.45) is 0 Å². The van der Waals surface area contributed by atoms with Crippen LogP contribution in [0, 0.1) is 0 Å². The van der Waals surface area contributed by atoms with Crippen LogP contribution in [0.1, 0.15) is 13.3 Å². The van der Waals surface area contributed by atoms with Crippen LogP contribution in [0.2, 0.25) is 13.1 Å². The van der Waals surface area contributed by atoms with Crippen molar-refractivity contribution in [3.8, 4) is 0 Å². The molecule has 0 rings (SSSR count). The summed E-state index contributed by atoms with van der Waals surface area (Å²) in [6.07, 6.45) is 2.06. The molecule has 0 bridgehead atoms. The van der Waals surface area contributed by atoms with Gasteiger partial charge in [0.25, 0.3) is 0 Å².